The molecule has 2 N–H and O–H groups in total. The van der Waals surface area contributed by atoms with Crippen LogP contribution in [0.5, 0.6) is 5.75 Å². The van der Waals surface area contributed by atoms with Crippen molar-refractivity contribution in [1.82, 2.24) is 15.2 Å². The Balaban J connectivity index is 1.94. The van der Waals surface area contributed by atoms with Crippen LogP contribution in [0.1, 0.15) is 12.7 Å². The Morgan fingerprint density at radius 1 is 1.42 bits per heavy atom. The first-order valence-corrected chi connectivity index (χ1v) is 5.66. The van der Waals surface area contributed by atoms with Crippen LogP contribution in [0.25, 0.3) is 0 Å². The second kappa shape index (κ2) is 5.47. The number of nitrogens with zero attached hydrogens (tertiary/aromatic N) is 2. The summed E-state index contributed by atoms with van der Waals surface area (Å²) in [5, 5.41) is 8.90. The summed E-state index contributed by atoms with van der Waals surface area (Å²) >= 11 is 0. The molecule has 100 valence electrons. The number of nitrogens with one attached hydrogen (secondary N) is 2. The van der Waals surface area contributed by atoms with Crippen LogP contribution in [0, 0.1) is 12.7 Å². The highest BCUT2D eigenvalue weighted by Gasteiger charge is 2.16. The molecule has 1 aromatic carbocycles. The largest absolute Gasteiger partial charge is 0.481 e. The lowest BCUT2D eigenvalue weighted by atomic mass is 10.3. The van der Waals surface area contributed by atoms with Crippen LogP contribution in [0.15, 0.2) is 24.3 Å². The van der Waals surface area contributed by atoms with Gasteiger partial charge in [-0.25, -0.2) is 4.39 Å². The molecule has 0 aliphatic carbocycles. The second-order valence-corrected chi connectivity index (χ2v) is 3.95. The van der Waals surface area contributed by atoms with Gasteiger partial charge in [-0.05, 0) is 38.1 Å². The van der Waals surface area contributed by atoms with Crippen molar-refractivity contribution in [1.29, 1.82) is 0 Å². The monoisotopic (exact) mass is 264 g/mol. The number of anilines is 1. The number of hydrogen-bond donors (Lipinski definition) is 2. The molecule has 2 aromatic rings. The molecule has 1 amide bonds. The van der Waals surface area contributed by atoms with Gasteiger partial charge in [-0.2, -0.15) is 4.98 Å². The standard InChI is InChI=1S/C12H13FN4O2/c1-7(19-10-5-3-9(13)4-6-10)11(18)15-12-14-8(2)16-17-12/h3-7H,1-2H3,(H2,14,15,16,17,18). The van der Waals surface area contributed by atoms with Crippen LogP contribution in [0.4, 0.5) is 10.3 Å². The molecule has 0 aliphatic heterocycles. The summed E-state index contributed by atoms with van der Waals surface area (Å²) < 4.78 is 18.1. The quantitative estimate of drug-likeness (QED) is 0.880. The predicted molar refractivity (Wildman–Crippen MR) is 66.2 cm³/mol. The highest BCUT2D eigenvalue weighted by molar-refractivity contribution is 5.92. The van der Waals surface area contributed by atoms with Crippen LogP contribution in [-0.4, -0.2) is 27.2 Å². The molecule has 0 spiro atoms. The molecule has 19 heavy (non-hydrogen) atoms. The fraction of sp³-hybridized carbons (Fsp3) is 0.250. The fourth-order valence-electron chi connectivity index (χ4n) is 1.38. The van der Waals surface area contributed by atoms with Crippen LogP contribution < -0.4 is 10.1 Å². The number of aromatic amines is 1. The number of amides is 1. The molecule has 7 heteroatoms. The number of rotatable bonds is 4. The smallest absolute Gasteiger partial charge is 0.267 e. The van der Waals surface area contributed by atoms with Crippen LogP contribution >= 0.6 is 0 Å². The number of ether oxygens (including phenoxy) is 1. The van der Waals surface area contributed by atoms with E-state index >= 15 is 0 Å². The Morgan fingerprint density at radius 3 is 2.68 bits per heavy atom. The second-order valence-electron chi connectivity index (χ2n) is 3.95. The molecular weight excluding hydrogens is 251 g/mol. The van der Waals surface area contributed by atoms with Gasteiger partial charge in [0.1, 0.15) is 17.4 Å². The van der Waals surface area contributed by atoms with Gasteiger partial charge in [0.2, 0.25) is 5.95 Å². The average Bonchev–Trinajstić information content (AvgIpc) is 2.77. The summed E-state index contributed by atoms with van der Waals surface area (Å²) in [7, 11) is 0. The Kier molecular flexibility index (Phi) is 3.74. The molecule has 0 bridgehead atoms. The maximum absolute atomic E-state index is 12.7. The average molecular weight is 264 g/mol. The highest BCUT2D eigenvalue weighted by Crippen LogP contribution is 2.13. The fourth-order valence-corrected chi connectivity index (χ4v) is 1.38. The van der Waals surface area contributed by atoms with E-state index in [1.807, 2.05) is 0 Å². The van der Waals surface area contributed by atoms with Gasteiger partial charge in [0.15, 0.2) is 6.10 Å². The summed E-state index contributed by atoms with van der Waals surface area (Å²) in [5.74, 6) is 0.457. The van der Waals surface area contributed by atoms with Crippen molar-refractivity contribution in [2.45, 2.75) is 20.0 Å². The zero-order chi connectivity index (χ0) is 13.8. The van der Waals surface area contributed by atoms with Gasteiger partial charge in [0.25, 0.3) is 5.91 Å². The van der Waals surface area contributed by atoms with Crippen LogP contribution in [0.3, 0.4) is 0 Å². The maximum Gasteiger partial charge on any atom is 0.267 e. The van der Waals surface area contributed by atoms with E-state index in [9.17, 15) is 9.18 Å². The van der Waals surface area contributed by atoms with Gasteiger partial charge in [-0.15, -0.1) is 5.10 Å². The minimum Gasteiger partial charge on any atom is -0.481 e. The minimum absolute atomic E-state index is 0.192. The maximum atomic E-state index is 12.7. The minimum atomic E-state index is -0.746. The number of hydrogen-bond acceptors (Lipinski definition) is 4. The summed E-state index contributed by atoms with van der Waals surface area (Å²) in [5.41, 5.74) is 0. The molecule has 1 aromatic heterocycles. The zero-order valence-corrected chi connectivity index (χ0v) is 10.5. The Morgan fingerprint density at radius 2 is 2.11 bits per heavy atom. The van der Waals surface area contributed by atoms with E-state index in [0.717, 1.165) is 0 Å². The number of H-pyrrole nitrogens is 1. The Labute approximate surface area is 109 Å². The molecule has 0 saturated carbocycles. The lowest BCUT2D eigenvalue weighted by Crippen LogP contribution is -2.30. The third-order valence-electron chi connectivity index (χ3n) is 2.33. The van der Waals surface area contributed by atoms with Gasteiger partial charge in [0.05, 0.1) is 0 Å². The van der Waals surface area contributed by atoms with Crippen molar-refractivity contribution < 1.29 is 13.9 Å². The molecule has 1 heterocycles. The first-order chi connectivity index (χ1) is 9.04. The Hall–Kier alpha value is -2.44. The van der Waals surface area contributed by atoms with Crippen molar-refractivity contribution in [2.75, 3.05) is 5.32 Å². The first-order valence-electron chi connectivity index (χ1n) is 5.66. The lowest BCUT2D eigenvalue weighted by molar-refractivity contribution is -0.122. The normalized spacial score (nSPS) is 11.9. The molecule has 0 fully saturated rings. The number of aryl methyl sites for hydroxylation is 1. The summed E-state index contributed by atoms with van der Waals surface area (Å²) in [6, 6.07) is 5.43. The van der Waals surface area contributed by atoms with Crippen molar-refractivity contribution in [2.24, 2.45) is 0 Å². The number of carbonyl (C=O) groups is 1. The van der Waals surface area contributed by atoms with Crippen LogP contribution in [-0.2, 0) is 4.79 Å². The van der Waals surface area contributed by atoms with E-state index in [1.165, 1.54) is 24.3 Å². The number of benzene rings is 1. The zero-order valence-electron chi connectivity index (χ0n) is 10.5. The SMILES string of the molecule is Cc1nc(NC(=O)C(C)Oc2ccc(F)cc2)n[nH]1. The van der Waals surface area contributed by atoms with E-state index in [0.29, 0.717) is 11.6 Å². The van der Waals surface area contributed by atoms with Crippen molar-refractivity contribution in [3.05, 3.63) is 35.9 Å². The molecule has 2 rings (SSSR count). The summed E-state index contributed by atoms with van der Waals surface area (Å²) in [6.45, 7) is 3.30. The van der Waals surface area contributed by atoms with Crippen molar-refractivity contribution >= 4 is 11.9 Å². The number of aromatic nitrogens is 3. The molecule has 0 saturated heterocycles. The number of halogens is 1. The van der Waals surface area contributed by atoms with Crippen molar-refractivity contribution in [3.8, 4) is 5.75 Å². The summed E-state index contributed by atoms with van der Waals surface area (Å²) in [4.78, 5) is 15.7. The molecule has 1 unspecified atom stereocenters. The third kappa shape index (κ3) is 3.51. The van der Waals surface area contributed by atoms with Gasteiger partial charge in [-0.3, -0.25) is 15.2 Å². The molecule has 0 radical (unpaired) electrons. The lowest BCUT2D eigenvalue weighted by Gasteiger charge is -2.13. The van der Waals surface area contributed by atoms with Crippen LogP contribution in [0.2, 0.25) is 0 Å². The van der Waals surface area contributed by atoms with Crippen molar-refractivity contribution in [3.63, 3.8) is 0 Å². The highest BCUT2D eigenvalue weighted by atomic mass is 19.1. The van der Waals surface area contributed by atoms with Gasteiger partial charge in [0, 0.05) is 0 Å². The summed E-state index contributed by atoms with van der Waals surface area (Å²) in [6.07, 6.45) is -0.746. The van der Waals surface area contributed by atoms with E-state index < -0.39 is 6.10 Å². The van der Waals surface area contributed by atoms with Gasteiger partial charge >= 0.3 is 0 Å². The van der Waals surface area contributed by atoms with E-state index in [1.54, 1.807) is 13.8 Å². The van der Waals surface area contributed by atoms with E-state index in [4.69, 9.17) is 4.74 Å². The van der Waals surface area contributed by atoms with Gasteiger partial charge in [-0.1, -0.05) is 0 Å². The third-order valence-corrected chi connectivity index (χ3v) is 2.33. The molecular formula is C12H13FN4O2. The topological polar surface area (TPSA) is 79.9 Å². The number of carbonyl (C=O) groups excluding carboxylic acids is 1. The Bertz CT molecular complexity index is 567. The van der Waals surface area contributed by atoms with E-state index in [-0.39, 0.29) is 17.7 Å². The predicted octanol–water partition coefficient (Wildman–Crippen LogP) is 1.66. The first kappa shape index (κ1) is 13.0. The molecule has 1 atom stereocenters. The van der Waals surface area contributed by atoms with Gasteiger partial charge < -0.3 is 4.74 Å². The van der Waals surface area contributed by atoms with E-state index in [2.05, 4.69) is 20.5 Å². The molecule has 0 aliphatic rings. The molecule has 6 nitrogen and oxygen atoms in total.